The molecular formula is C29H41N5O5. The fourth-order valence-corrected chi connectivity index (χ4v) is 6.25. The number of aromatic nitrogens is 3. The standard InChI is InChI=1S/C29H41N5O5/c1-29(2,3)38-28(37)31-25-21-16-34(17-22(21)25)23-13-12-20(15-30-23)26-32-27(39-33-26)19(14-24(35)36)11-7-10-18-8-5-4-6-9-18/h12-13,15,18-19,21-22,25H,4-11,14,16-17H2,1-3H3,(H,31,37)(H,35,36)/t19-,21?,22?,25?/m1/s1. The Hall–Kier alpha value is -3.17. The van der Waals surface area contributed by atoms with Crippen LogP contribution in [0.3, 0.4) is 0 Å². The lowest BCUT2D eigenvalue weighted by Gasteiger charge is -2.23. The lowest BCUT2D eigenvalue weighted by atomic mass is 9.84. The quantitative estimate of drug-likeness (QED) is 0.407. The van der Waals surface area contributed by atoms with Crippen molar-refractivity contribution in [1.82, 2.24) is 20.4 Å². The van der Waals surface area contributed by atoms with Crippen molar-refractivity contribution in [3.8, 4) is 11.4 Å². The highest BCUT2D eigenvalue weighted by Gasteiger charge is 2.57. The first-order valence-corrected chi connectivity index (χ1v) is 14.4. The van der Waals surface area contributed by atoms with E-state index in [4.69, 9.17) is 9.26 Å². The fraction of sp³-hybridized carbons (Fsp3) is 0.690. The Morgan fingerprint density at radius 1 is 1.18 bits per heavy atom. The van der Waals surface area contributed by atoms with Crippen molar-refractivity contribution >= 4 is 17.9 Å². The number of pyridine rings is 1. The number of hydrogen-bond acceptors (Lipinski definition) is 8. The molecule has 1 aliphatic heterocycles. The molecule has 39 heavy (non-hydrogen) atoms. The Morgan fingerprint density at radius 3 is 2.56 bits per heavy atom. The molecule has 3 fully saturated rings. The Morgan fingerprint density at radius 2 is 1.92 bits per heavy atom. The van der Waals surface area contributed by atoms with Gasteiger partial charge in [-0.05, 0) is 45.2 Å². The van der Waals surface area contributed by atoms with Gasteiger partial charge in [0.1, 0.15) is 11.4 Å². The summed E-state index contributed by atoms with van der Waals surface area (Å²) in [5.41, 5.74) is 0.232. The summed E-state index contributed by atoms with van der Waals surface area (Å²) in [5, 5.41) is 16.6. The second-order valence-electron chi connectivity index (χ2n) is 12.5. The average Bonchev–Trinajstić information content (AvgIpc) is 3.25. The molecular weight excluding hydrogens is 498 g/mol. The molecule has 10 heteroatoms. The molecule has 2 aliphatic carbocycles. The smallest absolute Gasteiger partial charge is 0.407 e. The number of aliphatic carboxylic acids is 1. The first-order valence-electron chi connectivity index (χ1n) is 14.4. The summed E-state index contributed by atoms with van der Waals surface area (Å²) in [4.78, 5) is 35.0. The van der Waals surface area contributed by atoms with Gasteiger partial charge in [-0.25, -0.2) is 9.78 Å². The van der Waals surface area contributed by atoms with Crippen molar-refractivity contribution in [2.45, 2.75) is 96.1 Å². The third-order valence-electron chi connectivity index (χ3n) is 8.31. The Balaban J connectivity index is 1.13. The molecule has 3 heterocycles. The predicted molar refractivity (Wildman–Crippen MR) is 145 cm³/mol. The van der Waals surface area contributed by atoms with Crippen LogP contribution in [-0.2, 0) is 9.53 Å². The molecule has 1 saturated heterocycles. The molecule has 212 valence electrons. The molecule has 0 bridgehead atoms. The number of nitrogens with one attached hydrogen (secondary N) is 1. The van der Waals surface area contributed by atoms with Crippen LogP contribution < -0.4 is 10.2 Å². The fourth-order valence-electron chi connectivity index (χ4n) is 6.25. The lowest BCUT2D eigenvalue weighted by molar-refractivity contribution is -0.137. The molecule has 2 N–H and O–H groups in total. The number of carbonyl (C=O) groups is 2. The van der Waals surface area contributed by atoms with Gasteiger partial charge in [0.15, 0.2) is 0 Å². The minimum atomic E-state index is -0.851. The largest absolute Gasteiger partial charge is 0.481 e. The summed E-state index contributed by atoms with van der Waals surface area (Å²) in [6.45, 7) is 7.25. The van der Waals surface area contributed by atoms with Crippen molar-refractivity contribution in [3.63, 3.8) is 0 Å². The van der Waals surface area contributed by atoms with Crippen LogP contribution in [0.1, 0.15) is 90.4 Å². The van der Waals surface area contributed by atoms with Gasteiger partial charge in [-0.15, -0.1) is 0 Å². The Kier molecular flexibility index (Phi) is 8.09. The van der Waals surface area contributed by atoms with E-state index < -0.39 is 11.6 Å². The number of anilines is 1. The summed E-state index contributed by atoms with van der Waals surface area (Å²) in [7, 11) is 0. The minimum absolute atomic E-state index is 0.00937. The highest BCUT2D eigenvalue weighted by atomic mass is 16.6. The summed E-state index contributed by atoms with van der Waals surface area (Å²) in [5.74, 6) is 2.14. The predicted octanol–water partition coefficient (Wildman–Crippen LogP) is 5.40. The third kappa shape index (κ3) is 7.08. The summed E-state index contributed by atoms with van der Waals surface area (Å²) in [6, 6.07) is 4.03. The van der Waals surface area contributed by atoms with Crippen molar-refractivity contribution < 1.29 is 24.0 Å². The summed E-state index contributed by atoms with van der Waals surface area (Å²) >= 11 is 0. The van der Waals surface area contributed by atoms with Crippen molar-refractivity contribution in [2.24, 2.45) is 17.8 Å². The van der Waals surface area contributed by atoms with E-state index >= 15 is 0 Å². The molecule has 2 unspecified atom stereocenters. The van der Waals surface area contributed by atoms with E-state index in [2.05, 4.69) is 25.3 Å². The van der Waals surface area contributed by atoms with E-state index in [-0.39, 0.29) is 24.5 Å². The maximum atomic E-state index is 12.1. The molecule has 5 rings (SSSR count). The normalized spacial score (nSPS) is 23.8. The van der Waals surface area contributed by atoms with E-state index in [9.17, 15) is 14.7 Å². The zero-order valence-corrected chi connectivity index (χ0v) is 23.3. The second-order valence-corrected chi connectivity index (χ2v) is 12.5. The van der Waals surface area contributed by atoms with Gasteiger partial charge >= 0.3 is 12.1 Å². The SMILES string of the molecule is CC(C)(C)OC(=O)NC1C2CN(c3ccc(-c4noc([C@H](CCCC5CCCCC5)CC(=O)O)n4)cn3)CC21. The summed E-state index contributed by atoms with van der Waals surface area (Å²) in [6.07, 6.45) is 10.8. The monoisotopic (exact) mass is 539 g/mol. The van der Waals surface area contributed by atoms with Crippen LogP contribution >= 0.6 is 0 Å². The van der Waals surface area contributed by atoms with Crippen LogP contribution in [0.4, 0.5) is 10.6 Å². The first kappa shape index (κ1) is 27.4. The van der Waals surface area contributed by atoms with Crippen molar-refractivity contribution in [3.05, 3.63) is 24.2 Å². The molecule has 2 saturated carbocycles. The molecule has 3 atom stereocenters. The lowest BCUT2D eigenvalue weighted by Crippen LogP contribution is -2.38. The van der Waals surface area contributed by atoms with Gasteiger partial charge in [0.25, 0.3) is 0 Å². The number of piperidine rings is 1. The number of alkyl carbamates (subject to hydrolysis) is 1. The first-order chi connectivity index (χ1) is 18.7. The molecule has 10 nitrogen and oxygen atoms in total. The van der Waals surface area contributed by atoms with Gasteiger partial charge in [-0.2, -0.15) is 4.98 Å². The number of carboxylic acids is 1. The number of fused-ring (bicyclic) bond motifs is 1. The number of amides is 1. The molecule has 0 aromatic carbocycles. The third-order valence-corrected chi connectivity index (χ3v) is 8.31. The number of carbonyl (C=O) groups excluding carboxylic acids is 1. The van der Waals surface area contributed by atoms with Gasteiger partial charge in [-0.1, -0.05) is 50.1 Å². The molecule has 0 radical (unpaired) electrons. The number of rotatable bonds is 10. The molecule has 3 aliphatic rings. The second kappa shape index (κ2) is 11.5. The zero-order valence-electron chi connectivity index (χ0n) is 23.3. The van der Waals surface area contributed by atoms with E-state index in [1.807, 2.05) is 32.9 Å². The Bertz CT molecular complexity index is 1130. The van der Waals surface area contributed by atoms with E-state index in [0.717, 1.165) is 49.7 Å². The minimum Gasteiger partial charge on any atom is -0.481 e. The topological polar surface area (TPSA) is 131 Å². The van der Waals surface area contributed by atoms with E-state index in [0.29, 0.717) is 23.6 Å². The average molecular weight is 540 g/mol. The van der Waals surface area contributed by atoms with Gasteiger partial charge < -0.3 is 24.6 Å². The molecule has 1 amide bonds. The number of ether oxygens (including phenoxy) is 1. The molecule has 2 aromatic heterocycles. The van der Waals surface area contributed by atoms with Crippen LogP contribution in [0.2, 0.25) is 0 Å². The van der Waals surface area contributed by atoms with Gasteiger partial charge in [0.05, 0.1) is 6.42 Å². The van der Waals surface area contributed by atoms with Crippen LogP contribution in [0, 0.1) is 17.8 Å². The highest BCUT2D eigenvalue weighted by molar-refractivity contribution is 5.69. The van der Waals surface area contributed by atoms with Crippen LogP contribution in [0.15, 0.2) is 22.9 Å². The van der Waals surface area contributed by atoms with Crippen LogP contribution in [-0.4, -0.2) is 57.0 Å². The number of nitrogens with zero attached hydrogens (tertiary/aromatic N) is 4. The molecule has 2 aromatic rings. The Labute approximate surface area is 229 Å². The van der Waals surface area contributed by atoms with Gasteiger partial charge in [0.2, 0.25) is 11.7 Å². The van der Waals surface area contributed by atoms with Crippen LogP contribution in [0.25, 0.3) is 11.4 Å². The highest BCUT2D eigenvalue weighted by Crippen LogP contribution is 2.46. The zero-order chi connectivity index (χ0) is 27.6. The maximum Gasteiger partial charge on any atom is 0.407 e. The summed E-state index contributed by atoms with van der Waals surface area (Å²) < 4.78 is 10.9. The van der Waals surface area contributed by atoms with Crippen LogP contribution in [0.5, 0.6) is 0 Å². The van der Waals surface area contributed by atoms with Gasteiger partial charge in [-0.3, -0.25) is 4.79 Å². The molecule has 0 spiro atoms. The van der Waals surface area contributed by atoms with E-state index in [1.165, 1.54) is 32.1 Å². The van der Waals surface area contributed by atoms with Crippen molar-refractivity contribution in [1.29, 1.82) is 0 Å². The van der Waals surface area contributed by atoms with Gasteiger partial charge in [0, 0.05) is 48.6 Å². The maximum absolute atomic E-state index is 12.1. The number of carboxylic acid groups (broad SMARTS) is 1. The van der Waals surface area contributed by atoms with E-state index in [1.54, 1.807) is 6.20 Å². The number of hydrogen-bond donors (Lipinski definition) is 2. The van der Waals surface area contributed by atoms with Crippen molar-refractivity contribution in [2.75, 3.05) is 18.0 Å².